The molecule has 0 saturated heterocycles. The van der Waals surface area contributed by atoms with Gasteiger partial charge >= 0.3 is 18.0 Å². The van der Waals surface area contributed by atoms with Gasteiger partial charge in [-0.15, -0.1) is 11.3 Å². The zero-order chi connectivity index (χ0) is 23.6. The van der Waals surface area contributed by atoms with Crippen molar-refractivity contribution in [3.8, 4) is 0 Å². The number of hydrogen-bond acceptors (Lipinski definition) is 8. The van der Waals surface area contributed by atoms with E-state index in [1.165, 1.54) is 18.4 Å². The molecule has 0 radical (unpaired) electrons. The molecule has 3 atom stereocenters. The summed E-state index contributed by atoms with van der Waals surface area (Å²) in [4.78, 5) is 37.3. The lowest BCUT2D eigenvalue weighted by Crippen LogP contribution is -2.40. The maximum atomic E-state index is 12.5. The number of carbonyl (C=O) groups is 3. The van der Waals surface area contributed by atoms with E-state index >= 15 is 0 Å². The minimum Gasteiger partial charge on any atom is -0.465 e. The van der Waals surface area contributed by atoms with Gasteiger partial charge in [0.1, 0.15) is 16.6 Å². The second-order valence-corrected chi connectivity index (χ2v) is 10.1. The van der Waals surface area contributed by atoms with Gasteiger partial charge in [0.2, 0.25) is 0 Å². The van der Waals surface area contributed by atoms with Gasteiger partial charge in [-0.1, -0.05) is 6.92 Å². The van der Waals surface area contributed by atoms with Gasteiger partial charge in [-0.3, -0.25) is 0 Å². The van der Waals surface area contributed by atoms with Crippen LogP contribution in [0.5, 0.6) is 0 Å². The van der Waals surface area contributed by atoms with E-state index in [0.29, 0.717) is 28.6 Å². The number of carbonyl (C=O) groups excluding carboxylic acids is 3. The van der Waals surface area contributed by atoms with Crippen LogP contribution in [0.2, 0.25) is 0 Å². The molecular formula is C23H30N2O6S. The molecule has 1 aromatic heterocycles. The van der Waals surface area contributed by atoms with Gasteiger partial charge in [0.25, 0.3) is 0 Å². The molecule has 8 nitrogen and oxygen atoms in total. The Kier molecular flexibility index (Phi) is 6.97. The molecule has 0 bridgehead atoms. The van der Waals surface area contributed by atoms with Crippen molar-refractivity contribution in [3.63, 3.8) is 0 Å². The highest BCUT2D eigenvalue weighted by Gasteiger charge is 2.36. The van der Waals surface area contributed by atoms with E-state index in [1.54, 1.807) is 39.0 Å². The quantitative estimate of drug-likeness (QED) is 0.459. The summed E-state index contributed by atoms with van der Waals surface area (Å²) in [5.74, 6) is -0.457. The van der Waals surface area contributed by atoms with Gasteiger partial charge in [-0.2, -0.15) is 0 Å². The zero-order valence-electron chi connectivity index (χ0n) is 19.2. The molecule has 32 heavy (non-hydrogen) atoms. The van der Waals surface area contributed by atoms with Crippen molar-refractivity contribution in [1.29, 1.82) is 0 Å². The molecular weight excluding hydrogens is 432 g/mol. The highest BCUT2D eigenvalue weighted by Crippen LogP contribution is 2.38. The number of esters is 2. The Morgan fingerprint density at radius 2 is 1.91 bits per heavy atom. The van der Waals surface area contributed by atoms with E-state index in [2.05, 4.69) is 10.6 Å². The predicted octanol–water partition coefficient (Wildman–Crippen LogP) is 4.58. The summed E-state index contributed by atoms with van der Waals surface area (Å²) >= 11 is 1.28. The highest BCUT2D eigenvalue weighted by atomic mass is 32.1. The molecule has 1 saturated carbocycles. The van der Waals surface area contributed by atoms with Crippen molar-refractivity contribution in [2.24, 2.45) is 5.92 Å². The third kappa shape index (κ3) is 5.91. The van der Waals surface area contributed by atoms with Gasteiger partial charge in [0.05, 0.1) is 18.4 Å². The molecule has 0 aliphatic heterocycles. The van der Waals surface area contributed by atoms with Gasteiger partial charge in [-0.05, 0) is 58.2 Å². The fourth-order valence-corrected chi connectivity index (χ4v) is 4.19. The van der Waals surface area contributed by atoms with Gasteiger partial charge < -0.3 is 24.8 Å². The van der Waals surface area contributed by atoms with Crippen molar-refractivity contribution < 1.29 is 28.6 Å². The third-order valence-corrected chi connectivity index (χ3v) is 6.09. The largest absolute Gasteiger partial charge is 0.465 e. The molecule has 1 heterocycles. The first kappa shape index (κ1) is 23.8. The van der Waals surface area contributed by atoms with E-state index in [4.69, 9.17) is 14.2 Å². The van der Waals surface area contributed by atoms with Crippen LogP contribution in [0.4, 0.5) is 10.5 Å². The van der Waals surface area contributed by atoms with Crippen LogP contribution in [0.25, 0.3) is 10.1 Å². The summed E-state index contributed by atoms with van der Waals surface area (Å²) in [5.41, 5.74) is 0.389. The van der Waals surface area contributed by atoms with Crippen molar-refractivity contribution in [1.82, 2.24) is 5.32 Å². The van der Waals surface area contributed by atoms with Crippen molar-refractivity contribution >= 4 is 45.1 Å². The molecule has 9 heteroatoms. The van der Waals surface area contributed by atoms with E-state index in [9.17, 15) is 14.4 Å². The summed E-state index contributed by atoms with van der Waals surface area (Å²) in [5, 5.41) is 6.71. The number of methoxy groups -OCH3 is 1. The van der Waals surface area contributed by atoms with Crippen molar-refractivity contribution in [3.05, 3.63) is 28.6 Å². The van der Waals surface area contributed by atoms with Crippen LogP contribution >= 0.6 is 11.3 Å². The van der Waals surface area contributed by atoms with Crippen LogP contribution < -0.4 is 10.6 Å². The first-order chi connectivity index (χ1) is 15.0. The topological polar surface area (TPSA) is 103 Å². The second kappa shape index (κ2) is 9.36. The molecule has 1 fully saturated rings. The first-order valence-corrected chi connectivity index (χ1v) is 11.4. The van der Waals surface area contributed by atoms with Crippen LogP contribution in [0.3, 0.4) is 0 Å². The summed E-state index contributed by atoms with van der Waals surface area (Å²) < 4.78 is 16.5. The van der Waals surface area contributed by atoms with Gasteiger partial charge in [0, 0.05) is 22.7 Å². The van der Waals surface area contributed by atoms with E-state index in [-0.39, 0.29) is 18.1 Å². The highest BCUT2D eigenvalue weighted by molar-refractivity contribution is 7.21. The van der Waals surface area contributed by atoms with Crippen LogP contribution in [0, 0.1) is 5.92 Å². The number of fused-ring (bicyclic) bond motifs is 1. The average Bonchev–Trinajstić information content (AvgIpc) is 3.26. The second-order valence-electron chi connectivity index (χ2n) is 9.09. The number of ether oxygens (including phenoxy) is 3. The Morgan fingerprint density at radius 3 is 2.50 bits per heavy atom. The molecule has 1 aliphatic rings. The Hall–Kier alpha value is -2.81. The first-order valence-electron chi connectivity index (χ1n) is 10.6. The molecule has 2 aromatic rings. The minimum absolute atomic E-state index is 0.0244. The van der Waals surface area contributed by atoms with Crippen LogP contribution in [0.1, 0.15) is 61.1 Å². The third-order valence-electron chi connectivity index (χ3n) is 4.94. The summed E-state index contributed by atoms with van der Waals surface area (Å²) in [6, 6.07) is 4.94. The number of nitrogens with one attached hydrogen (secondary N) is 2. The Bertz CT molecular complexity index is 1030. The van der Waals surface area contributed by atoms with Gasteiger partial charge in [-0.25, -0.2) is 14.4 Å². The van der Waals surface area contributed by atoms with E-state index < -0.39 is 17.7 Å². The fraction of sp³-hybridized carbons (Fsp3) is 0.522. The number of alkyl carbamates (subject to hydrolysis) is 1. The molecule has 1 amide bonds. The number of hydrogen-bond donors (Lipinski definition) is 2. The standard InChI is InChI=1S/C23H30N2O6S/c1-12-9-16(12)30-20(26)14-7-8-17-15(10-14)18(19(32-17)21(27)29-6)24-11-13(2)25-22(28)31-23(3,4)5/h7-8,10,12-13,16,24H,9,11H2,1-6H3,(H,25,28)/t12?,13-,16+/m1/s1. The Morgan fingerprint density at radius 1 is 1.22 bits per heavy atom. The maximum absolute atomic E-state index is 12.5. The molecule has 0 spiro atoms. The molecule has 3 rings (SSSR count). The summed E-state index contributed by atoms with van der Waals surface area (Å²) in [7, 11) is 1.32. The zero-order valence-corrected chi connectivity index (χ0v) is 20.1. The monoisotopic (exact) mass is 462 g/mol. The predicted molar refractivity (Wildman–Crippen MR) is 123 cm³/mol. The lowest BCUT2D eigenvalue weighted by molar-refractivity contribution is 0.0452. The van der Waals surface area contributed by atoms with Crippen LogP contribution in [-0.2, 0) is 14.2 Å². The van der Waals surface area contributed by atoms with E-state index in [1.807, 2.05) is 13.8 Å². The Balaban J connectivity index is 1.79. The number of thiophene rings is 1. The molecule has 2 N–H and O–H groups in total. The molecule has 1 aliphatic carbocycles. The van der Waals surface area contributed by atoms with Crippen LogP contribution in [-0.4, -0.2) is 49.4 Å². The average molecular weight is 463 g/mol. The lowest BCUT2D eigenvalue weighted by Gasteiger charge is -2.22. The Labute approximate surface area is 191 Å². The maximum Gasteiger partial charge on any atom is 0.407 e. The van der Waals surface area contributed by atoms with Gasteiger partial charge in [0.15, 0.2) is 0 Å². The number of amides is 1. The lowest BCUT2D eigenvalue weighted by atomic mass is 10.1. The number of rotatable bonds is 7. The summed E-state index contributed by atoms with van der Waals surface area (Å²) in [6.07, 6.45) is 0.340. The van der Waals surface area contributed by atoms with E-state index in [0.717, 1.165) is 16.5 Å². The minimum atomic E-state index is -0.595. The fourth-order valence-electron chi connectivity index (χ4n) is 3.11. The molecule has 1 aromatic carbocycles. The molecule has 174 valence electrons. The normalized spacial score (nSPS) is 18.6. The number of anilines is 1. The summed E-state index contributed by atoms with van der Waals surface area (Å²) in [6.45, 7) is 9.58. The smallest absolute Gasteiger partial charge is 0.407 e. The van der Waals surface area contributed by atoms with Crippen LogP contribution in [0.15, 0.2) is 18.2 Å². The van der Waals surface area contributed by atoms with Crippen molar-refractivity contribution in [2.45, 2.75) is 58.8 Å². The molecule has 1 unspecified atom stereocenters. The SMILES string of the molecule is COC(=O)c1sc2ccc(C(=O)O[C@H]3CC3C)cc2c1NC[C@@H](C)NC(=O)OC(C)(C)C. The van der Waals surface area contributed by atoms with Crippen molar-refractivity contribution in [2.75, 3.05) is 19.0 Å². The number of benzene rings is 1.